The maximum absolute atomic E-state index is 6.14. The topological polar surface area (TPSA) is 61.6 Å². The van der Waals surface area contributed by atoms with Crippen molar-refractivity contribution >= 4 is 23.2 Å². The number of guanidine groups is 1. The van der Waals surface area contributed by atoms with Crippen LogP contribution in [0.3, 0.4) is 0 Å². The Morgan fingerprint density at radius 2 is 1.96 bits per heavy atom. The van der Waals surface area contributed by atoms with Gasteiger partial charge in [-0.2, -0.15) is 0 Å². The van der Waals surface area contributed by atoms with Crippen LogP contribution in [0.5, 0.6) is 0 Å². The van der Waals surface area contributed by atoms with Crippen molar-refractivity contribution in [2.45, 2.75) is 38.8 Å². The normalized spacial score (nSPS) is 18.0. The van der Waals surface area contributed by atoms with Crippen molar-refractivity contribution in [1.29, 1.82) is 0 Å². The molecule has 1 fully saturated rings. The first-order valence-corrected chi connectivity index (χ1v) is 10.5. The van der Waals surface area contributed by atoms with Crippen LogP contribution in [0, 0.1) is 0 Å². The van der Waals surface area contributed by atoms with E-state index in [9.17, 15) is 0 Å². The highest BCUT2D eigenvalue weighted by atomic mass is 35.5. The zero-order valence-corrected chi connectivity index (χ0v) is 17.2. The van der Waals surface area contributed by atoms with Crippen LogP contribution in [-0.4, -0.2) is 58.9 Å². The highest BCUT2D eigenvalue weighted by molar-refractivity contribution is 6.30. The largest absolute Gasteiger partial charge is 0.368 e. The molecule has 2 aliphatic rings. The molecule has 1 aromatic carbocycles. The summed E-state index contributed by atoms with van der Waals surface area (Å²) in [7, 11) is 1.84. The molecule has 0 bridgehead atoms. The first-order chi connectivity index (χ1) is 13.7. The van der Waals surface area contributed by atoms with Crippen molar-refractivity contribution in [2.24, 2.45) is 4.99 Å². The van der Waals surface area contributed by atoms with Crippen LogP contribution in [0.25, 0.3) is 0 Å². The van der Waals surface area contributed by atoms with E-state index in [1.54, 1.807) is 0 Å². The summed E-state index contributed by atoms with van der Waals surface area (Å²) < 4.78 is 2.28. The quantitative estimate of drug-likeness (QED) is 0.632. The van der Waals surface area contributed by atoms with E-state index < -0.39 is 0 Å². The van der Waals surface area contributed by atoms with Gasteiger partial charge >= 0.3 is 0 Å². The van der Waals surface area contributed by atoms with Gasteiger partial charge in [0.2, 0.25) is 0 Å². The third-order valence-electron chi connectivity index (χ3n) is 5.56. The number of fused-ring (bicyclic) bond motifs is 1. The molecule has 8 heteroatoms. The lowest BCUT2D eigenvalue weighted by Crippen LogP contribution is -2.52. The van der Waals surface area contributed by atoms with Crippen molar-refractivity contribution in [3.05, 3.63) is 40.9 Å². The van der Waals surface area contributed by atoms with Gasteiger partial charge in [0.05, 0.1) is 6.54 Å². The van der Waals surface area contributed by atoms with Crippen LogP contribution in [-0.2, 0) is 19.5 Å². The second-order valence-electron chi connectivity index (χ2n) is 7.35. The van der Waals surface area contributed by atoms with Gasteiger partial charge in [-0.15, -0.1) is 10.2 Å². The Kier molecular flexibility index (Phi) is 6.00. The highest BCUT2D eigenvalue weighted by Gasteiger charge is 2.21. The van der Waals surface area contributed by atoms with Gasteiger partial charge in [-0.3, -0.25) is 4.99 Å². The maximum Gasteiger partial charge on any atom is 0.194 e. The fourth-order valence-electron chi connectivity index (χ4n) is 4.02. The van der Waals surface area contributed by atoms with Crippen LogP contribution in [0.4, 0.5) is 5.69 Å². The number of aryl methyl sites for hydroxylation is 1. The first-order valence-electron chi connectivity index (χ1n) is 10.1. The number of rotatable bonds is 3. The average Bonchev–Trinajstić information content (AvgIpc) is 2.95. The fourth-order valence-corrected chi connectivity index (χ4v) is 4.20. The summed E-state index contributed by atoms with van der Waals surface area (Å²) in [5.74, 6) is 3.06. The standard InChI is InChI=1S/C20H28ClN7/c1-22-20(23-15-19-25-24-18-8-3-2-4-9-28(18)19)27-12-10-26(11-13-27)17-7-5-6-16(21)14-17/h5-7,14H,2-4,8-13,15H2,1H3,(H,22,23). The van der Waals surface area contributed by atoms with Crippen molar-refractivity contribution in [1.82, 2.24) is 25.0 Å². The van der Waals surface area contributed by atoms with Crippen molar-refractivity contribution in [2.75, 3.05) is 38.1 Å². The molecule has 0 unspecified atom stereocenters. The van der Waals surface area contributed by atoms with Crippen LogP contribution >= 0.6 is 11.6 Å². The van der Waals surface area contributed by atoms with Crippen molar-refractivity contribution in [3.8, 4) is 0 Å². The van der Waals surface area contributed by atoms with E-state index in [1.807, 2.05) is 25.2 Å². The Hall–Kier alpha value is -2.28. The van der Waals surface area contributed by atoms with E-state index in [1.165, 1.54) is 24.9 Å². The molecule has 150 valence electrons. The molecule has 2 aromatic rings. The Morgan fingerprint density at radius 3 is 2.75 bits per heavy atom. The number of benzene rings is 1. The Labute approximate surface area is 171 Å². The second-order valence-corrected chi connectivity index (χ2v) is 7.79. The van der Waals surface area contributed by atoms with E-state index in [4.69, 9.17) is 11.6 Å². The average molecular weight is 402 g/mol. The summed E-state index contributed by atoms with van der Waals surface area (Å²) in [5, 5.41) is 13.1. The van der Waals surface area contributed by atoms with E-state index >= 15 is 0 Å². The highest BCUT2D eigenvalue weighted by Crippen LogP contribution is 2.21. The summed E-state index contributed by atoms with van der Waals surface area (Å²) in [5.41, 5.74) is 1.18. The van der Waals surface area contributed by atoms with Gasteiger partial charge in [-0.05, 0) is 31.0 Å². The molecule has 1 saturated heterocycles. The molecule has 2 aliphatic heterocycles. The van der Waals surface area contributed by atoms with Gasteiger partial charge < -0.3 is 19.7 Å². The van der Waals surface area contributed by atoms with Gasteiger partial charge in [-0.1, -0.05) is 24.1 Å². The van der Waals surface area contributed by atoms with E-state index in [0.29, 0.717) is 6.54 Å². The lowest BCUT2D eigenvalue weighted by molar-refractivity contribution is 0.371. The zero-order chi connectivity index (χ0) is 19.3. The molecule has 0 spiro atoms. The molecule has 0 atom stereocenters. The monoisotopic (exact) mass is 401 g/mol. The smallest absolute Gasteiger partial charge is 0.194 e. The minimum absolute atomic E-state index is 0.661. The lowest BCUT2D eigenvalue weighted by atomic mass is 10.2. The van der Waals surface area contributed by atoms with Crippen molar-refractivity contribution in [3.63, 3.8) is 0 Å². The molecule has 0 amide bonds. The molecule has 0 radical (unpaired) electrons. The first kappa shape index (κ1) is 19.1. The molecule has 28 heavy (non-hydrogen) atoms. The minimum atomic E-state index is 0.661. The number of nitrogens with zero attached hydrogens (tertiary/aromatic N) is 6. The molecule has 0 saturated carbocycles. The summed E-state index contributed by atoms with van der Waals surface area (Å²) in [6.07, 6.45) is 4.73. The molecular weight excluding hydrogens is 374 g/mol. The lowest BCUT2D eigenvalue weighted by Gasteiger charge is -2.37. The van der Waals surface area contributed by atoms with Gasteiger partial charge in [0.15, 0.2) is 11.8 Å². The third kappa shape index (κ3) is 4.24. The number of nitrogens with one attached hydrogen (secondary N) is 1. The van der Waals surface area contributed by atoms with Gasteiger partial charge in [0, 0.05) is 56.9 Å². The van der Waals surface area contributed by atoms with Crippen molar-refractivity contribution < 1.29 is 0 Å². The second kappa shape index (κ2) is 8.82. The minimum Gasteiger partial charge on any atom is -0.368 e. The number of hydrogen-bond acceptors (Lipinski definition) is 4. The van der Waals surface area contributed by atoms with E-state index in [2.05, 4.69) is 40.9 Å². The SMILES string of the molecule is CN=C(NCc1nnc2n1CCCCC2)N1CCN(c2cccc(Cl)c2)CC1. The molecule has 0 aliphatic carbocycles. The number of aromatic nitrogens is 3. The number of halogens is 1. The summed E-state index contributed by atoms with van der Waals surface area (Å²) >= 11 is 6.14. The predicted molar refractivity (Wildman–Crippen MR) is 113 cm³/mol. The Bertz CT molecular complexity index is 824. The van der Waals surface area contributed by atoms with Gasteiger partial charge in [0.25, 0.3) is 0 Å². The Morgan fingerprint density at radius 1 is 1.11 bits per heavy atom. The predicted octanol–water partition coefficient (Wildman–Crippen LogP) is 2.56. The fraction of sp³-hybridized carbons (Fsp3) is 0.550. The number of piperazine rings is 1. The number of anilines is 1. The van der Waals surface area contributed by atoms with Crippen LogP contribution in [0.1, 0.15) is 30.9 Å². The van der Waals surface area contributed by atoms with Gasteiger partial charge in [-0.25, -0.2) is 0 Å². The Balaban J connectivity index is 1.34. The summed E-state index contributed by atoms with van der Waals surface area (Å²) in [4.78, 5) is 9.16. The molecule has 1 N–H and O–H groups in total. The van der Waals surface area contributed by atoms with Crippen LogP contribution < -0.4 is 10.2 Å². The van der Waals surface area contributed by atoms with E-state index in [-0.39, 0.29) is 0 Å². The molecule has 7 nitrogen and oxygen atoms in total. The van der Waals surface area contributed by atoms with Crippen LogP contribution in [0.2, 0.25) is 5.02 Å². The molecule has 4 rings (SSSR count). The maximum atomic E-state index is 6.14. The number of aliphatic imine (C=N–C) groups is 1. The van der Waals surface area contributed by atoms with Crippen LogP contribution in [0.15, 0.2) is 29.3 Å². The van der Waals surface area contributed by atoms with E-state index in [0.717, 1.165) is 61.8 Å². The molecule has 1 aromatic heterocycles. The summed E-state index contributed by atoms with van der Waals surface area (Å²) in [6, 6.07) is 8.07. The number of hydrogen-bond donors (Lipinski definition) is 1. The molecule has 3 heterocycles. The third-order valence-corrected chi connectivity index (χ3v) is 5.79. The zero-order valence-electron chi connectivity index (χ0n) is 16.4. The van der Waals surface area contributed by atoms with Gasteiger partial charge in [0.1, 0.15) is 5.82 Å². The molecular formula is C20H28ClN7. The summed E-state index contributed by atoms with van der Waals surface area (Å²) in [6.45, 7) is 5.42.